The average molecular weight is 396 g/mol. The minimum atomic E-state index is -0.516. The number of esters is 1. The van der Waals surface area contributed by atoms with E-state index in [1.54, 1.807) is 41.8 Å². The van der Waals surface area contributed by atoms with E-state index < -0.39 is 5.92 Å². The largest absolute Gasteiger partial charge is 0.462 e. The number of hydrogen-bond donors (Lipinski definition) is 0. The van der Waals surface area contributed by atoms with Crippen molar-refractivity contribution in [1.29, 1.82) is 5.26 Å². The molecule has 1 atom stereocenters. The molecule has 0 bridgehead atoms. The Labute approximate surface area is 165 Å². The number of thiazole rings is 1. The summed E-state index contributed by atoms with van der Waals surface area (Å²) in [5.41, 5.74) is 2.03. The first kappa shape index (κ1) is 19.0. The Morgan fingerprint density at radius 2 is 2.15 bits per heavy atom. The molecule has 136 valence electrons. The van der Waals surface area contributed by atoms with E-state index in [0.29, 0.717) is 22.9 Å². The number of nitriles is 1. The number of carbonyl (C=O) groups excluding carboxylic acids is 1. The molecule has 3 rings (SSSR count). The molecule has 0 fully saturated rings. The van der Waals surface area contributed by atoms with Crippen LogP contribution in [0.1, 0.15) is 34.6 Å². The van der Waals surface area contributed by atoms with Gasteiger partial charge in [-0.25, -0.2) is 9.78 Å². The first-order chi connectivity index (χ1) is 13.2. The van der Waals surface area contributed by atoms with E-state index in [0.717, 1.165) is 17.0 Å². The Balaban J connectivity index is 1.68. The molecule has 27 heavy (non-hydrogen) atoms. The maximum absolute atomic E-state index is 11.8. The van der Waals surface area contributed by atoms with Crippen molar-refractivity contribution in [2.24, 2.45) is 4.99 Å². The zero-order valence-corrected chi connectivity index (χ0v) is 16.3. The van der Waals surface area contributed by atoms with Gasteiger partial charge in [0.25, 0.3) is 0 Å². The van der Waals surface area contributed by atoms with Crippen LogP contribution < -0.4 is 0 Å². The maximum atomic E-state index is 11.8. The zero-order chi connectivity index (χ0) is 19.1. The van der Waals surface area contributed by atoms with Gasteiger partial charge in [-0.3, -0.25) is 4.99 Å². The molecule has 0 saturated carbocycles. The van der Waals surface area contributed by atoms with Gasteiger partial charge in [0.1, 0.15) is 10.9 Å². The maximum Gasteiger partial charge on any atom is 0.338 e. The topological polar surface area (TPSA) is 75.3 Å². The van der Waals surface area contributed by atoms with Gasteiger partial charge in [0.15, 0.2) is 0 Å². The van der Waals surface area contributed by atoms with Gasteiger partial charge in [0.2, 0.25) is 0 Å². The van der Waals surface area contributed by atoms with E-state index in [9.17, 15) is 10.1 Å². The van der Waals surface area contributed by atoms with Gasteiger partial charge in [-0.15, -0.1) is 22.7 Å². The third kappa shape index (κ3) is 4.88. The van der Waals surface area contributed by atoms with E-state index in [2.05, 4.69) is 16.0 Å². The number of hydrogen-bond acceptors (Lipinski definition) is 7. The van der Waals surface area contributed by atoms with E-state index in [1.165, 1.54) is 11.3 Å². The van der Waals surface area contributed by atoms with Crippen molar-refractivity contribution in [1.82, 2.24) is 4.98 Å². The highest BCUT2D eigenvalue weighted by Crippen LogP contribution is 2.29. The smallest absolute Gasteiger partial charge is 0.338 e. The molecule has 1 aromatic carbocycles. The first-order valence-electron chi connectivity index (χ1n) is 8.41. The SMILES string of the molecule is CCCOC(=O)c1ccc(N=CC(C#N)c2nc(-c3cccs3)cs2)cc1. The first-order valence-corrected chi connectivity index (χ1v) is 10.2. The monoisotopic (exact) mass is 395 g/mol. The molecular weight excluding hydrogens is 378 g/mol. The Bertz CT molecular complexity index is 954. The van der Waals surface area contributed by atoms with Crippen LogP contribution in [-0.4, -0.2) is 23.8 Å². The molecule has 0 aliphatic rings. The van der Waals surface area contributed by atoms with Crippen LogP contribution in [0.2, 0.25) is 0 Å². The van der Waals surface area contributed by atoms with Gasteiger partial charge in [-0.2, -0.15) is 5.26 Å². The molecule has 0 saturated heterocycles. The standard InChI is InChI=1S/C20H17N3O2S2/c1-2-9-25-20(24)14-5-7-16(8-6-14)22-12-15(11-21)19-23-17(13-27-19)18-4-3-10-26-18/h3-8,10,12-13,15H,2,9H2,1H3. The molecule has 0 amide bonds. The van der Waals surface area contributed by atoms with Gasteiger partial charge in [-0.1, -0.05) is 13.0 Å². The van der Waals surface area contributed by atoms with Crippen molar-refractivity contribution in [2.75, 3.05) is 6.61 Å². The molecule has 0 N–H and O–H groups in total. The van der Waals surface area contributed by atoms with Crippen molar-refractivity contribution >= 4 is 40.5 Å². The van der Waals surface area contributed by atoms with E-state index in [4.69, 9.17) is 4.74 Å². The van der Waals surface area contributed by atoms with Crippen LogP contribution >= 0.6 is 22.7 Å². The van der Waals surface area contributed by atoms with E-state index in [-0.39, 0.29) is 5.97 Å². The van der Waals surface area contributed by atoms with Crippen molar-refractivity contribution < 1.29 is 9.53 Å². The number of thiophene rings is 1. The Morgan fingerprint density at radius 3 is 2.81 bits per heavy atom. The minimum Gasteiger partial charge on any atom is -0.462 e. The van der Waals surface area contributed by atoms with Gasteiger partial charge in [0, 0.05) is 11.6 Å². The third-order valence-corrected chi connectivity index (χ3v) is 5.43. The number of carbonyl (C=O) groups is 1. The normalized spacial score (nSPS) is 12.0. The van der Waals surface area contributed by atoms with Gasteiger partial charge >= 0.3 is 5.97 Å². The number of rotatable bonds is 7. The van der Waals surface area contributed by atoms with Gasteiger partial charge in [0.05, 0.1) is 34.5 Å². The molecule has 1 unspecified atom stereocenters. The lowest BCUT2D eigenvalue weighted by molar-refractivity contribution is 0.0505. The molecule has 0 radical (unpaired) electrons. The predicted octanol–water partition coefficient (Wildman–Crippen LogP) is 5.45. The second kappa shape index (κ2) is 9.21. The van der Waals surface area contributed by atoms with Crippen LogP contribution in [-0.2, 0) is 4.74 Å². The van der Waals surface area contributed by atoms with E-state index >= 15 is 0 Å². The molecule has 2 heterocycles. The van der Waals surface area contributed by atoms with Crippen molar-refractivity contribution in [3.63, 3.8) is 0 Å². The molecule has 2 aromatic heterocycles. The summed E-state index contributed by atoms with van der Waals surface area (Å²) in [4.78, 5) is 21.8. The molecule has 3 aromatic rings. The number of aromatic nitrogens is 1. The lowest BCUT2D eigenvalue weighted by Crippen LogP contribution is -2.05. The number of benzene rings is 1. The highest BCUT2D eigenvalue weighted by atomic mass is 32.1. The molecular formula is C20H17N3O2S2. The molecule has 0 spiro atoms. The molecule has 5 nitrogen and oxygen atoms in total. The quantitative estimate of drug-likeness (QED) is 0.394. The predicted molar refractivity (Wildman–Crippen MR) is 109 cm³/mol. The van der Waals surface area contributed by atoms with E-state index in [1.807, 2.05) is 29.8 Å². The molecule has 0 aliphatic heterocycles. The zero-order valence-electron chi connectivity index (χ0n) is 14.7. The van der Waals surface area contributed by atoms with Crippen LogP contribution in [0.25, 0.3) is 10.6 Å². The fraction of sp³-hybridized carbons (Fsp3) is 0.200. The summed E-state index contributed by atoms with van der Waals surface area (Å²) in [6.07, 6.45) is 2.37. The number of nitrogens with zero attached hydrogens (tertiary/aromatic N) is 3. The van der Waals surface area contributed by atoms with Crippen molar-refractivity contribution in [3.8, 4) is 16.6 Å². The summed E-state index contributed by atoms with van der Waals surface area (Å²) in [5, 5.41) is 14.1. The summed E-state index contributed by atoms with van der Waals surface area (Å²) in [7, 11) is 0. The highest BCUT2D eigenvalue weighted by Gasteiger charge is 2.14. The Morgan fingerprint density at radius 1 is 1.33 bits per heavy atom. The van der Waals surface area contributed by atoms with Crippen LogP contribution in [0.5, 0.6) is 0 Å². The Kier molecular flexibility index (Phi) is 6.47. The Hall–Kier alpha value is -2.82. The van der Waals surface area contributed by atoms with Gasteiger partial charge in [-0.05, 0) is 42.1 Å². The number of ether oxygens (including phenoxy) is 1. The molecule has 0 aliphatic carbocycles. The highest BCUT2D eigenvalue weighted by molar-refractivity contribution is 7.14. The summed E-state index contributed by atoms with van der Waals surface area (Å²) < 4.78 is 5.10. The lowest BCUT2D eigenvalue weighted by Gasteiger charge is -2.03. The molecule has 7 heteroatoms. The summed E-state index contributed by atoms with van der Waals surface area (Å²) >= 11 is 3.07. The van der Waals surface area contributed by atoms with Crippen molar-refractivity contribution in [3.05, 3.63) is 57.7 Å². The number of aliphatic imine (C=N–C) groups is 1. The lowest BCUT2D eigenvalue weighted by atomic mass is 10.2. The fourth-order valence-electron chi connectivity index (χ4n) is 2.24. The van der Waals surface area contributed by atoms with Crippen LogP contribution in [0, 0.1) is 11.3 Å². The van der Waals surface area contributed by atoms with Crippen LogP contribution in [0.15, 0.2) is 52.2 Å². The fourth-order valence-corrected chi connectivity index (χ4v) is 3.83. The average Bonchev–Trinajstić information content (AvgIpc) is 3.39. The summed E-state index contributed by atoms with van der Waals surface area (Å²) in [6.45, 7) is 2.35. The van der Waals surface area contributed by atoms with Gasteiger partial charge < -0.3 is 4.74 Å². The van der Waals surface area contributed by atoms with Crippen LogP contribution in [0.4, 0.5) is 5.69 Å². The second-order valence-corrected chi connectivity index (χ2v) is 7.45. The summed E-state index contributed by atoms with van der Waals surface area (Å²) in [6, 6.07) is 13.0. The van der Waals surface area contributed by atoms with Crippen molar-refractivity contribution in [2.45, 2.75) is 19.3 Å². The minimum absolute atomic E-state index is 0.342. The van der Waals surface area contributed by atoms with Crippen LogP contribution in [0.3, 0.4) is 0 Å². The summed E-state index contributed by atoms with van der Waals surface area (Å²) in [5.74, 6) is -0.857. The second-order valence-electron chi connectivity index (χ2n) is 5.62. The third-order valence-electron chi connectivity index (χ3n) is 3.61.